The molecule has 0 aromatic heterocycles. The van der Waals surface area contributed by atoms with Crippen LogP contribution in [0.2, 0.25) is 0 Å². The predicted octanol–water partition coefficient (Wildman–Crippen LogP) is 4.73. The van der Waals surface area contributed by atoms with Crippen molar-refractivity contribution in [2.45, 2.75) is 26.2 Å². The number of aryl methyl sites for hydroxylation is 1. The third kappa shape index (κ3) is 2.62. The second-order valence-electron chi connectivity index (χ2n) is 6.48. The van der Waals surface area contributed by atoms with Gasteiger partial charge in [0.15, 0.2) is 0 Å². The second-order valence-corrected chi connectivity index (χ2v) is 6.48. The highest BCUT2D eigenvalue weighted by atomic mass is 16.2. The lowest BCUT2D eigenvalue weighted by molar-refractivity contribution is 0.0845. The summed E-state index contributed by atoms with van der Waals surface area (Å²) in [6.07, 6.45) is 3.42. The first-order valence-corrected chi connectivity index (χ1v) is 8.69. The van der Waals surface area contributed by atoms with Crippen LogP contribution in [0.3, 0.4) is 0 Å². The van der Waals surface area contributed by atoms with Gasteiger partial charge in [0, 0.05) is 10.9 Å². The maximum Gasteiger partial charge on any atom is 0.259 e. The normalized spacial score (nSPS) is 13.2. The van der Waals surface area contributed by atoms with Gasteiger partial charge in [-0.05, 0) is 41.0 Å². The van der Waals surface area contributed by atoms with Gasteiger partial charge in [0.25, 0.3) is 11.8 Å². The molecule has 1 N–H and O–H groups in total. The molecule has 3 aromatic rings. The molecule has 4 rings (SSSR count). The number of nitrogens with one attached hydrogen (secondary N) is 1. The predicted molar refractivity (Wildman–Crippen MR) is 99.8 cm³/mol. The molecule has 25 heavy (non-hydrogen) atoms. The Balaban J connectivity index is 1.88. The first kappa shape index (κ1) is 15.6. The van der Waals surface area contributed by atoms with Crippen molar-refractivity contribution in [3.63, 3.8) is 0 Å². The number of imide groups is 1. The van der Waals surface area contributed by atoms with E-state index >= 15 is 0 Å². The van der Waals surface area contributed by atoms with E-state index < -0.39 is 0 Å². The molecular weight excluding hydrogens is 310 g/mol. The SMILES string of the molecule is CCCCc1ccc(-c2ccc3cccc4c3c2C(=O)NC4=O)cc1. The zero-order valence-electron chi connectivity index (χ0n) is 14.1. The molecular formula is C22H19NO2. The first-order chi connectivity index (χ1) is 12.2. The minimum absolute atomic E-state index is 0.320. The summed E-state index contributed by atoms with van der Waals surface area (Å²) in [6, 6.07) is 17.9. The van der Waals surface area contributed by atoms with Crippen molar-refractivity contribution >= 4 is 22.6 Å². The largest absolute Gasteiger partial charge is 0.288 e. The van der Waals surface area contributed by atoms with Gasteiger partial charge in [-0.15, -0.1) is 0 Å². The van der Waals surface area contributed by atoms with E-state index in [1.807, 2.05) is 24.3 Å². The average Bonchev–Trinajstić information content (AvgIpc) is 2.64. The Morgan fingerprint density at radius 3 is 2.40 bits per heavy atom. The molecule has 1 heterocycles. The monoisotopic (exact) mass is 329 g/mol. The molecule has 1 aliphatic heterocycles. The number of rotatable bonds is 4. The van der Waals surface area contributed by atoms with E-state index in [1.54, 1.807) is 6.07 Å². The van der Waals surface area contributed by atoms with E-state index in [0.29, 0.717) is 11.1 Å². The fourth-order valence-electron chi connectivity index (χ4n) is 3.51. The highest BCUT2D eigenvalue weighted by Crippen LogP contribution is 2.34. The molecule has 0 atom stereocenters. The van der Waals surface area contributed by atoms with Crippen LogP contribution in [0.15, 0.2) is 54.6 Å². The highest BCUT2D eigenvalue weighted by molar-refractivity contribution is 6.27. The van der Waals surface area contributed by atoms with Crippen molar-refractivity contribution in [2.75, 3.05) is 0 Å². The van der Waals surface area contributed by atoms with E-state index in [1.165, 1.54) is 18.4 Å². The molecule has 124 valence electrons. The van der Waals surface area contributed by atoms with Crippen LogP contribution in [0.1, 0.15) is 46.0 Å². The van der Waals surface area contributed by atoms with Crippen LogP contribution in [0, 0.1) is 0 Å². The smallest absolute Gasteiger partial charge is 0.259 e. The van der Waals surface area contributed by atoms with Crippen molar-refractivity contribution < 1.29 is 9.59 Å². The van der Waals surface area contributed by atoms with Gasteiger partial charge < -0.3 is 0 Å². The maximum atomic E-state index is 12.6. The minimum Gasteiger partial charge on any atom is -0.288 e. The Kier molecular flexibility index (Phi) is 3.85. The van der Waals surface area contributed by atoms with Crippen molar-refractivity contribution in [1.82, 2.24) is 5.32 Å². The first-order valence-electron chi connectivity index (χ1n) is 8.69. The van der Waals surface area contributed by atoms with Crippen LogP contribution < -0.4 is 5.32 Å². The van der Waals surface area contributed by atoms with E-state index in [2.05, 4.69) is 36.5 Å². The number of benzene rings is 3. The van der Waals surface area contributed by atoms with E-state index in [4.69, 9.17) is 0 Å². The molecule has 3 aromatic carbocycles. The average molecular weight is 329 g/mol. The van der Waals surface area contributed by atoms with Gasteiger partial charge in [-0.2, -0.15) is 0 Å². The van der Waals surface area contributed by atoms with Crippen molar-refractivity contribution in [2.24, 2.45) is 0 Å². The number of amides is 2. The van der Waals surface area contributed by atoms with Crippen LogP contribution in [-0.2, 0) is 6.42 Å². The Bertz CT molecular complexity index is 987. The molecule has 0 bridgehead atoms. The third-order valence-corrected chi connectivity index (χ3v) is 4.83. The maximum absolute atomic E-state index is 12.6. The Labute approximate surface area is 146 Å². The quantitative estimate of drug-likeness (QED) is 0.703. The van der Waals surface area contributed by atoms with Gasteiger partial charge in [-0.25, -0.2) is 0 Å². The Morgan fingerprint density at radius 2 is 1.64 bits per heavy atom. The topological polar surface area (TPSA) is 46.2 Å². The van der Waals surface area contributed by atoms with Gasteiger partial charge in [0.05, 0.1) is 5.56 Å². The van der Waals surface area contributed by atoms with Crippen molar-refractivity contribution in [3.8, 4) is 11.1 Å². The number of unbranched alkanes of at least 4 members (excludes halogenated alkanes) is 1. The zero-order chi connectivity index (χ0) is 17.4. The lowest BCUT2D eigenvalue weighted by atomic mass is 9.88. The lowest BCUT2D eigenvalue weighted by Crippen LogP contribution is -2.35. The summed E-state index contributed by atoms with van der Waals surface area (Å²) in [7, 11) is 0. The number of carbonyl (C=O) groups excluding carboxylic acids is 2. The number of hydrogen-bond donors (Lipinski definition) is 1. The summed E-state index contributed by atoms with van der Waals surface area (Å²) >= 11 is 0. The molecule has 0 saturated heterocycles. The van der Waals surface area contributed by atoms with Crippen LogP contribution in [-0.4, -0.2) is 11.8 Å². The van der Waals surface area contributed by atoms with Gasteiger partial charge in [-0.1, -0.05) is 61.9 Å². The summed E-state index contributed by atoms with van der Waals surface area (Å²) in [4.78, 5) is 24.7. The van der Waals surface area contributed by atoms with Crippen molar-refractivity contribution in [1.29, 1.82) is 0 Å². The van der Waals surface area contributed by atoms with E-state index in [-0.39, 0.29) is 11.8 Å². The summed E-state index contributed by atoms with van der Waals surface area (Å²) in [5.41, 5.74) is 4.33. The number of hydrogen-bond acceptors (Lipinski definition) is 2. The molecule has 0 saturated carbocycles. The molecule has 0 spiro atoms. The third-order valence-electron chi connectivity index (χ3n) is 4.83. The fraction of sp³-hybridized carbons (Fsp3) is 0.182. The standard InChI is InChI=1S/C22H19NO2/c1-2-3-5-14-8-10-15(11-9-14)17-13-12-16-6-4-7-18-19(16)20(17)22(25)23-21(18)24/h4,6-13H,2-3,5H2,1H3,(H,23,24,25). The molecule has 0 fully saturated rings. The van der Waals surface area contributed by atoms with Crippen LogP contribution in [0.5, 0.6) is 0 Å². The van der Waals surface area contributed by atoms with Crippen LogP contribution >= 0.6 is 0 Å². The molecule has 1 aliphatic rings. The van der Waals surface area contributed by atoms with E-state index in [9.17, 15) is 9.59 Å². The minimum atomic E-state index is -0.324. The van der Waals surface area contributed by atoms with Crippen molar-refractivity contribution in [3.05, 3.63) is 71.3 Å². The molecule has 3 nitrogen and oxygen atoms in total. The van der Waals surface area contributed by atoms with Gasteiger partial charge in [0.1, 0.15) is 0 Å². The van der Waals surface area contributed by atoms with Crippen LogP contribution in [0.4, 0.5) is 0 Å². The van der Waals surface area contributed by atoms with E-state index in [0.717, 1.165) is 28.3 Å². The van der Waals surface area contributed by atoms with Gasteiger partial charge >= 0.3 is 0 Å². The molecule has 0 aliphatic carbocycles. The Morgan fingerprint density at radius 1 is 0.840 bits per heavy atom. The number of carbonyl (C=O) groups is 2. The summed E-state index contributed by atoms with van der Waals surface area (Å²) in [5, 5.41) is 4.14. The summed E-state index contributed by atoms with van der Waals surface area (Å²) in [6.45, 7) is 2.19. The van der Waals surface area contributed by atoms with Gasteiger partial charge in [-0.3, -0.25) is 14.9 Å². The lowest BCUT2D eigenvalue weighted by Gasteiger charge is -2.20. The fourth-order valence-corrected chi connectivity index (χ4v) is 3.51. The second kappa shape index (κ2) is 6.17. The molecule has 2 amide bonds. The Hall–Kier alpha value is -2.94. The molecule has 0 unspecified atom stereocenters. The highest BCUT2D eigenvalue weighted by Gasteiger charge is 2.27. The summed E-state index contributed by atoms with van der Waals surface area (Å²) in [5.74, 6) is -0.644. The zero-order valence-corrected chi connectivity index (χ0v) is 14.1. The van der Waals surface area contributed by atoms with Gasteiger partial charge in [0.2, 0.25) is 0 Å². The molecule has 3 heteroatoms. The summed E-state index contributed by atoms with van der Waals surface area (Å²) < 4.78 is 0. The van der Waals surface area contributed by atoms with Crippen LogP contribution in [0.25, 0.3) is 21.9 Å². The molecule has 0 radical (unpaired) electrons.